The molecule has 0 amide bonds. The van der Waals surface area contributed by atoms with Crippen molar-refractivity contribution in [2.45, 2.75) is 38.0 Å². The van der Waals surface area contributed by atoms with E-state index >= 15 is 0 Å². The van der Waals surface area contributed by atoms with Gasteiger partial charge in [-0.2, -0.15) is 13.2 Å². The van der Waals surface area contributed by atoms with Crippen LogP contribution in [0.25, 0.3) is 11.2 Å². The van der Waals surface area contributed by atoms with Crippen LogP contribution in [0.5, 0.6) is 0 Å². The number of anilines is 1. The number of likely N-dealkylation sites (N-methyl/N-ethyl adjacent to an activating group) is 1. The summed E-state index contributed by atoms with van der Waals surface area (Å²) in [4.78, 5) is 26.2. The van der Waals surface area contributed by atoms with E-state index in [4.69, 9.17) is 9.72 Å². The number of alkyl halides is 3. The van der Waals surface area contributed by atoms with Gasteiger partial charge in [0.15, 0.2) is 17.0 Å². The van der Waals surface area contributed by atoms with Gasteiger partial charge in [-0.25, -0.2) is 24.9 Å². The van der Waals surface area contributed by atoms with Crippen LogP contribution in [-0.2, 0) is 17.8 Å². The minimum atomic E-state index is -4.37. The molecule has 0 aromatic carbocycles. The fraction of sp³-hybridized carbons (Fsp3) is 0.571. The lowest BCUT2D eigenvalue weighted by molar-refractivity contribution is -0.140. The van der Waals surface area contributed by atoms with Crippen LogP contribution in [0.1, 0.15) is 30.4 Å². The Morgan fingerprint density at radius 2 is 1.85 bits per heavy atom. The largest absolute Gasteiger partial charge is 0.406 e. The quantitative estimate of drug-likeness (QED) is 0.503. The number of aromatic nitrogens is 6. The topological polar surface area (TPSA) is 85.1 Å². The standard InChI is InChI=1S/C21H27F3N8O/c1-30(10-11-33-2)19-17-20(32(14-27-17)13-21(22,23)24)29-18(28-19)15-4-8-31(9-5-15)12-16-25-6-3-7-26-16/h3,6-7,14-15H,4-5,8-13H2,1-2H3. The molecule has 33 heavy (non-hydrogen) atoms. The van der Waals surface area contributed by atoms with Gasteiger partial charge in [0, 0.05) is 39.0 Å². The highest BCUT2D eigenvalue weighted by Crippen LogP contribution is 2.31. The molecule has 0 aliphatic carbocycles. The first-order valence-electron chi connectivity index (χ1n) is 10.8. The van der Waals surface area contributed by atoms with Crippen molar-refractivity contribution in [3.8, 4) is 0 Å². The van der Waals surface area contributed by atoms with Crippen molar-refractivity contribution in [1.82, 2.24) is 34.4 Å². The minimum Gasteiger partial charge on any atom is -0.383 e. The van der Waals surface area contributed by atoms with Crippen molar-refractivity contribution in [2.75, 3.05) is 45.3 Å². The maximum atomic E-state index is 13.1. The van der Waals surface area contributed by atoms with Crippen molar-refractivity contribution in [1.29, 1.82) is 0 Å². The average Bonchev–Trinajstić information content (AvgIpc) is 3.19. The van der Waals surface area contributed by atoms with E-state index in [2.05, 4.69) is 24.8 Å². The van der Waals surface area contributed by atoms with Gasteiger partial charge >= 0.3 is 6.18 Å². The van der Waals surface area contributed by atoms with Gasteiger partial charge in [-0.1, -0.05) is 0 Å². The Morgan fingerprint density at radius 1 is 1.12 bits per heavy atom. The van der Waals surface area contributed by atoms with Gasteiger partial charge in [-0.15, -0.1) is 0 Å². The number of hydrogen-bond donors (Lipinski definition) is 0. The Kier molecular flexibility index (Phi) is 7.03. The SMILES string of the molecule is COCCN(C)c1nc(C2CCN(Cc3ncccn3)CC2)nc2c1ncn2CC(F)(F)F. The number of hydrogen-bond acceptors (Lipinski definition) is 8. The van der Waals surface area contributed by atoms with E-state index in [1.54, 1.807) is 25.6 Å². The summed E-state index contributed by atoms with van der Waals surface area (Å²) in [5, 5.41) is 0. The number of rotatable bonds is 8. The molecule has 0 N–H and O–H groups in total. The van der Waals surface area contributed by atoms with Crippen molar-refractivity contribution in [3.63, 3.8) is 0 Å². The van der Waals surface area contributed by atoms with E-state index < -0.39 is 12.7 Å². The van der Waals surface area contributed by atoms with Crippen LogP contribution in [0, 0.1) is 0 Å². The summed E-state index contributed by atoms with van der Waals surface area (Å²) in [6.07, 6.45) is 1.87. The van der Waals surface area contributed by atoms with Gasteiger partial charge in [0.05, 0.1) is 19.5 Å². The molecule has 4 heterocycles. The Morgan fingerprint density at radius 3 is 2.52 bits per heavy atom. The maximum absolute atomic E-state index is 13.1. The number of fused-ring (bicyclic) bond motifs is 1. The number of likely N-dealkylation sites (tertiary alicyclic amines) is 1. The van der Waals surface area contributed by atoms with Crippen LogP contribution >= 0.6 is 0 Å². The summed E-state index contributed by atoms with van der Waals surface area (Å²) in [5.41, 5.74) is 0.567. The smallest absolute Gasteiger partial charge is 0.383 e. The van der Waals surface area contributed by atoms with E-state index in [1.165, 1.54) is 6.33 Å². The van der Waals surface area contributed by atoms with Gasteiger partial charge in [-0.05, 0) is 32.0 Å². The molecule has 1 fully saturated rings. The second kappa shape index (κ2) is 9.96. The second-order valence-electron chi connectivity index (χ2n) is 8.20. The lowest BCUT2D eigenvalue weighted by atomic mass is 9.96. The summed E-state index contributed by atoms with van der Waals surface area (Å²) < 4.78 is 45.5. The third kappa shape index (κ3) is 5.74. The summed E-state index contributed by atoms with van der Waals surface area (Å²) in [7, 11) is 3.43. The maximum Gasteiger partial charge on any atom is 0.406 e. The minimum absolute atomic E-state index is 0.0474. The first-order chi connectivity index (χ1) is 15.8. The zero-order valence-electron chi connectivity index (χ0n) is 18.7. The summed E-state index contributed by atoms with van der Waals surface area (Å²) in [5.74, 6) is 1.90. The Bertz CT molecular complexity index is 1050. The molecular weight excluding hydrogens is 437 g/mol. The lowest BCUT2D eigenvalue weighted by Crippen LogP contribution is -2.33. The van der Waals surface area contributed by atoms with Crippen LogP contribution in [0.2, 0.25) is 0 Å². The van der Waals surface area contributed by atoms with Crippen molar-refractivity contribution in [3.05, 3.63) is 36.4 Å². The van der Waals surface area contributed by atoms with Gasteiger partial charge in [0.25, 0.3) is 0 Å². The molecular formula is C21H27F3N8O. The fourth-order valence-corrected chi connectivity index (χ4v) is 4.00. The number of halogens is 3. The first-order valence-corrected chi connectivity index (χ1v) is 10.8. The number of nitrogens with zero attached hydrogens (tertiary/aromatic N) is 8. The summed E-state index contributed by atoms with van der Waals surface area (Å²) in [6.45, 7) is 2.12. The zero-order valence-corrected chi connectivity index (χ0v) is 18.7. The molecule has 1 saturated heterocycles. The third-order valence-electron chi connectivity index (χ3n) is 5.74. The zero-order chi connectivity index (χ0) is 23.4. The molecule has 178 valence electrons. The van der Waals surface area contributed by atoms with Gasteiger partial charge in [-0.3, -0.25) is 4.90 Å². The fourth-order valence-electron chi connectivity index (χ4n) is 4.00. The molecule has 4 rings (SSSR count). The molecule has 12 heteroatoms. The molecule has 0 unspecified atom stereocenters. The van der Waals surface area contributed by atoms with Crippen LogP contribution < -0.4 is 4.90 Å². The molecule has 1 aliphatic heterocycles. The monoisotopic (exact) mass is 464 g/mol. The van der Waals surface area contributed by atoms with Crippen LogP contribution in [0.3, 0.4) is 0 Å². The van der Waals surface area contributed by atoms with Crippen LogP contribution in [0.15, 0.2) is 24.8 Å². The number of methoxy groups -OCH3 is 1. The van der Waals surface area contributed by atoms with Crippen molar-refractivity contribution in [2.24, 2.45) is 0 Å². The highest BCUT2D eigenvalue weighted by Gasteiger charge is 2.31. The van der Waals surface area contributed by atoms with E-state index in [0.29, 0.717) is 36.9 Å². The van der Waals surface area contributed by atoms with Crippen LogP contribution in [0.4, 0.5) is 19.0 Å². The van der Waals surface area contributed by atoms with Gasteiger partial charge in [0.2, 0.25) is 0 Å². The molecule has 3 aromatic heterocycles. The van der Waals surface area contributed by atoms with Crippen molar-refractivity contribution < 1.29 is 17.9 Å². The molecule has 0 radical (unpaired) electrons. The molecule has 3 aromatic rings. The predicted molar refractivity (Wildman–Crippen MR) is 116 cm³/mol. The van der Waals surface area contributed by atoms with E-state index in [9.17, 15) is 13.2 Å². The third-order valence-corrected chi connectivity index (χ3v) is 5.74. The van der Waals surface area contributed by atoms with Gasteiger partial charge in [0.1, 0.15) is 18.2 Å². The van der Waals surface area contributed by atoms with Crippen molar-refractivity contribution >= 4 is 17.0 Å². The average molecular weight is 464 g/mol. The number of ether oxygens (including phenoxy) is 1. The Labute approximate surface area is 189 Å². The lowest BCUT2D eigenvalue weighted by Gasteiger charge is -2.31. The van der Waals surface area contributed by atoms with Crippen LogP contribution in [-0.4, -0.2) is 81.0 Å². The molecule has 0 atom stereocenters. The predicted octanol–water partition coefficient (Wildman–Crippen LogP) is 2.64. The highest BCUT2D eigenvalue weighted by atomic mass is 19.4. The Balaban J connectivity index is 1.58. The Hall–Kier alpha value is -2.86. The normalized spacial score (nSPS) is 15.9. The highest BCUT2D eigenvalue weighted by molar-refractivity contribution is 5.83. The molecule has 0 spiro atoms. The molecule has 1 aliphatic rings. The number of imidazole rings is 1. The number of piperidine rings is 1. The molecule has 9 nitrogen and oxygen atoms in total. The molecule has 0 bridgehead atoms. The van der Waals surface area contributed by atoms with Gasteiger partial charge < -0.3 is 14.2 Å². The molecule has 0 saturated carbocycles. The first kappa shape index (κ1) is 23.3. The van der Waals surface area contributed by atoms with E-state index in [1.807, 2.05) is 11.9 Å². The summed E-state index contributed by atoms with van der Waals surface area (Å²) >= 11 is 0. The van der Waals surface area contributed by atoms with E-state index in [0.717, 1.165) is 36.3 Å². The summed E-state index contributed by atoms with van der Waals surface area (Å²) in [6, 6.07) is 1.79. The second-order valence-corrected chi connectivity index (χ2v) is 8.20. The van der Waals surface area contributed by atoms with E-state index in [-0.39, 0.29) is 11.6 Å².